The van der Waals surface area contributed by atoms with E-state index in [-0.39, 0.29) is 0 Å². The second-order valence-electron chi connectivity index (χ2n) is 8.46. The quantitative estimate of drug-likeness (QED) is 0.174. The minimum atomic E-state index is 0.753. The number of unbranched alkanes of at least 4 members (excludes halogenated alkanes) is 6. The molecular weight excluding hydrogens is 394 g/mol. The first kappa shape index (κ1) is 26.1. The molecule has 2 aromatic rings. The van der Waals surface area contributed by atoms with Gasteiger partial charge >= 0.3 is 0 Å². The Morgan fingerprint density at radius 3 is 2.22 bits per heavy atom. The van der Waals surface area contributed by atoms with Crippen molar-refractivity contribution in [3.63, 3.8) is 0 Å². The Kier molecular flexibility index (Phi) is 14.2. The number of ether oxygens (including phenoxy) is 2. The van der Waals surface area contributed by atoms with E-state index in [4.69, 9.17) is 9.47 Å². The number of rotatable bonds is 18. The van der Waals surface area contributed by atoms with Crippen LogP contribution in [0.15, 0.2) is 54.7 Å². The molecule has 3 heteroatoms. The third-order valence-electron chi connectivity index (χ3n) is 5.51. The van der Waals surface area contributed by atoms with E-state index < -0.39 is 0 Å². The molecule has 0 unspecified atom stereocenters. The molecule has 2 rings (SSSR count). The van der Waals surface area contributed by atoms with Gasteiger partial charge in [0.2, 0.25) is 0 Å². The van der Waals surface area contributed by atoms with E-state index >= 15 is 0 Å². The second-order valence-corrected chi connectivity index (χ2v) is 8.46. The first-order valence-electron chi connectivity index (χ1n) is 12.7. The summed E-state index contributed by atoms with van der Waals surface area (Å²) < 4.78 is 11.4. The topological polar surface area (TPSA) is 31.4 Å². The number of allylic oxidation sites excluding steroid dienone is 2. The monoisotopic (exact) mass is 437 g/mol. The highest BCUT2D eigenvalue weighted by molar-refractivity contribution is 5.59. The van der Waals surface area contributed by atoms with Crippen molar-refractivity contribution in [2.45, 2.75) is 84.5 Å². The van der Waals surface area contributed by atoms with Gasteiger partial charge in [-0.05, 0) is 69.1 Å². The molecule has 0 atom stereocenters. The highest BCUT2D eigenvalue weighted by Crippen LogP contribution is 2.21. The van der Waals surface area contributed by atoms with Gasteiger partial charge in [0, 0.05) is 18.8 Å². The minimum Gasteiger partial charge on any atom is -0.492 e. The molecule has 0 saturated carbocycles. The lowest BCUT2D eigenvalue weighted by Gasteiger charge is -2.07. The molecule has 0 aliphatic rings. The molecule has 176 valence electrons. The van der Waals surface area contributed by atoms with Gasteiger partial charge in [0.05, 0.1) is 18.5 Å². The van der Waals surface area contributed by atoms with E-state index in [1.807, 2.05) is 12.3 Å². The Morgan fingerprint density at radius 2 is 1.50 bits per heavy atom. The normalized spacial score (nSPS) is 11.3. The summed E-state index contributed by atoms with van der Waals surface area (Å²) in [7, 11) is 0. The Hall–Kier alpha value is -2.13. The van der Waals surface area contributed by atoms with Gasteiger partial charge in [-0.3, -0.25) is 4.98 Å². The molecule has 1 aromatic heterocycles. The van der Waals surface area contributed by atoms with Crippen LogP contribution in [0.25, 0.3) is 11.3 Å². The fourth-order valence-electron chi connectivity index (χ4n) is 3.55. The molecule has 0 saturated heterocycles. The van der Waals surface area contributed by atoms with Gasteiger partial charge in [-0.25, -0.2) is 0 Å². The first-order valence-corrected chi connectivity index (χ1v) is 12.7. The zero-order chi connectivity index (χ0) is 22.7. The van der Waals surface area contributed by atoms with Gasteiger partial charge in [-0.1, -0.05) is 69.5 Å². The van der Waals surface area contributed by atoms with Crippen LogP contribution in [-0.4, -0.2) is 24.8 Å². The average Bonchev–Trinajstić information content (AvgIpc) is 2.83. The van der Waals surface area contributed by atoms with E-state index in [1.54, 1.807) is 0 Å². The van der Waals surface area contributed by atoms with Crippen LogP contribution in [-0.2, 0) is 11.2 Å². The van der Waals surface area contributed by atoms with Crippen molar-refractivity contribution in [1.82, 2.24) is 4.98 Å². The third kappa shape index (κ3) is 11.5. The molecule has 0 bridgehead atoms. The number of benzene rings is 1. The largest absolute Gasteiger partial charge is 0.492 e. The molecule has 1 aromatic carbocycles. The fourth-order valence-corrected chi connectivity index (χ4v) is 3.55. The molecule has 0 N–H and O–H groups in total. The van der Waals surface area contributed by atoms with Crippen LogP contribution in [0.4, 0.5) is 0 Å². The van der Waals surface area contributed by atoms with Crippen LogP contribution in [0, 0.1) is 0 Å². The average molecular weight is 438 g/mol. The van der Waals surface area contributed by atoms with Crippen LogP contribution in [0.2, 0.25) is 0 Å². The van der Waals surface area contributed by atoms with Crippen LogP contribution in [0.1, 0.15) is 83.6 Å². The highest BCUT2D eigenvalue weighted by atomic mass is 16.5. The molecule has 3 nitrogen and oxygen atoms in total. The van der Waals surface area contributed by atoms with Gasteiger partial charge in [-0.2, -0.15) is 0 Å². The van der Waals surface area contributed by atoms with Gasteiger partial charge in [0.15, 0.2) is 0 Å². The highest BCUT2D eigenvalue weighted by Gasteiger charge is 2.02. The van der Waals surface area contributed by atoms with Gasteiger partial charge < -0.3 is 9.47 Å². The maximum Gasteiger partial charge on any atom is 0.137 e. The zero-order valence-corrected chi connectivity index (χ0v) is 20.4. The lowest BCUT2D eigenvalue weighted by atomic mass is 10.0. The van der Waals surface area contributed by atoms with Crippen molar-refractivity contribution in [2.24, 2.45) is 0 Å². The van der Waals surface area contributed by atoms with Gasteiger partial charge in [0.25, 0.3) is 0 Å². The minimum absolute atomic E-state index is 0.753. The summed E-state index contributed by atoms with van der Waals surface area (Å²) in [6.45, 7) is 6.92. The smallest absolute Gasteiger partial charge is 0.137 e. The maximum atomic E-state index is 5.85. The zero-order valence-electron chi connectivity index (χ0n) is 20.4. The van der Waals surface area contributed by atoms with Crippen LogP contribution in [0.3, 0.4) is 0 Å². The summed E-state index contributed by atoms with van der Waals surface area (Å²) in [6.07, 6.45) is 19.5. The van der Waals surface area contributed by atoms with Crippen molar-refractivity contribution < 1.29 is 9.47 Å². The second kappa shape index (κ2) is 17.4. The molecule has 0 radical (unpaired) electrons. The van der Waals surface area contributed by atoms with E-state index in [0.717, 1.165) is 68.9 Å². The van der Waals surface area contributed by atoms with E-state index in [2.05, 4.69) is 61.3 Å². The molecule has 0 aliphatic heterocycles. The summed E-state index contributed by atoms with van der Waals surface area (Å²) in [4.78, 5) is 4.60. The molecule has 1 heterocycles. The molecule has 0 fully saturated rings. The van der Waals surface area contributed by atoms with Crippen LogP contribution < -0.4 is 4.74 Å². The number of aryl methyl sites for hydroxylation is 1. The summed E-state index contributed by atoms with van der Waals surface area (Å²) in [5.74, 6) is 0.853. The lowest BCUT2D eigenvalue weighted by Crippen LogP contribution is -1.97. The summed E-state index contributed by atoms with van der Waals surface area (Å²) >= 11 is 0. The molecule has 0 spiro atoms. The van der Waals surface area contributed by atoms with Crippen molar-refractivity contribution >= 4 is 0 Å². The molecular formula is C29H43NO2. The van der Waals surface area contributed by atoms with Crippen molar-refractivity contribution in [1.29, 1.82) is 0 Å². The third-order valence-corrected chi connectivity index (χ3v) is 5.51. The van der Waals surface area contributed by atoms with Crippen molar-refractivity contribution in [3.05, 3.63) is 60.3 Å². The molecule has 0 amide bonds. The van der Waals surface area contributed by atoms with Gasteiger partial charge in [-0.15, -0.1) is 0 Å². The maximum absolute atomic E-state index is 5.85. The summed E-state index contributed by atoms with van der Waals surface area (Å²) in [6, 6.07) is 12.9. The predicted molar refractivity (Wildman–Crippen MR) is 136 cm³/mol. The SMILES string of the molecule is CCCCC=CCCCCOc1ccc(-c2ccc(CCCCCOCCC)cc2)nc1. The number of aromatic nitrogens is 1. The first-order chi connectivity index (χ1) is 15.8. The summed E-state index contributed by atoms with van der Waals surface area (Å²) in [5, 5.41) is 0. The predicted octanol–water partition coefficient (Wildman–Crippen LogP) is 8.18. The molecule has 32 heavy (non-hydrogen) atoms. The van der Waals surface area contributed by atoms with Crippen LogP contribution in [0.5, 0.6) is 5.75 Å². The number of nitrogens with zero attached hydrogens (tertiary/aromatic N) is 1. The number of pyridine rings is 1. The Labute approximate surface area is 196 Å². The Bertz CT molecular complexity index is 722. The fraction of sp³-hybridized carbons (Fsp3) is 0.552. The van der Waals surface area contributed by atoms with Gasteiger partial charge in [0.1, 0.15) is 5.75 Å². The van der Waals surface area contributed by atoms with E-state index in [0.29, 0.717) is 0 Å². The standard InChI is InChI=1S/C29H43NO2/c1-3-5-6-7-8-9-10-14-24-32-28-20-21-29(30-25-28)27-18-16-26(17-19-27)15-12-11-13-23-31-22-4-2/h7-8,16-21,25H,3-6,9-15,22-24H2,1-2H3. The Balaban J connectivity index is 1.63. The van der Waals surface area contributed by atoms with Crippen molar-refractivity contribution in [3.8, 4) is 17.0 Å². The van der Waals surface area contributed by atoms with E-state index in [9.17, 15) is 0 Å². The van der Waals surface area contributed by atoms with Crippen LogP contribution >= 0.6 is 0 Å². The summed E-state index contributed by atoms with van der Waals surface area (Å²) in [5.41, 5.74) is 3.54. The van der Waals surface area contributed by atoms with Crippen molar-refractivity contribution in [2.75, 3.05) is 19.8 Å². The lowest BCUT2D eigenvalue weighted by molar-refractivity contribution is 0.130. The van der Waals surface area contributed by atoms with E-state index in [1.165, 1.54) is 44.1 Å². The number of hydrogen-bond acceptors (Lipinski definition) is 3. The Morgan fingerprint density at radius 1 is 0.719 bits per heavy atom. The molecule has 0 aliphatic carbocycles. The number of hydrogen-bond donors (Lipinski definition) is 0.